The largest absolute Gasteiger partial charge is 0.456 e. The summed E-state index contributed by atoms with van der Waals surface area (Å²) < 4.78 is 29.9. The maximum atomic E-state index is 12.2. The van der Waals surface area contributed by atoms with Crippen LogP contribution in [0.15, 0.2) is 53.9 Å². The van der Waals surface area contributed by atoms with Crippen LogP contribution in [-0.2, 0) is 9.84 Å². The molecule has 2 rings (SSSR count). The Hall–Kier alpha value is -2.09. The quantitative estimate of drug-likeness (QED) is 0.408. The molecule has 2 aromatic carbocycles. The van der Waals surface area contributed by atoms with Crippen molar-refractivity contribution in [3.05, 3.63) is 69.2 Å². The maximum Gasteiger partial charge on any atom is 0.288 e. The molecular weight excluding hydrogens is 377 g/mol. The molecule has 126 valence electrons. The van der Waals surface area contributed by atoms with Crippen molar-refractivity contribution in [1.29, 1.82) is 0 Å². The Labute approximate surface area is 148 Å². The lowest BCUT2D eigenvalue weighted by atomic mass is 10.3. The Balaban J connectivity index is 2.50. The molecule has 0 fully saturated rings. The minimum atomic E-state index is -3.91. The van der Waals surface area contributed by atoms with Gasteiger partial charge in [0.05, 0.1) is 15.7 Å². The first-order valence-corrected chi connectivity index (χ1v) is 8.90. The SMILES string of the molecule is C=CCS(=O)(=O)c1cc(Oc2ccc(Cl)cc2Cl)ccc1[N+](=O)[O-]. The maximum absolute atomic E-state index is 12.2. The van der Waals surface area contributed by atoms with Crippen LogP contribution in [-0.4, -0.2) is 19.1 Å². The van der Waals surface area contributed by atoms with E-state index < -0.39 is 31.1 Å². The number of rotatable bonds is 6. The number of hydrogen-bond donors (Lipinski definition) is 0. The summed E-state index contributed by atoms with van der Waals surface area (Å²) in [7, 11) is -3.91. The number of sulfone groups is 1. The molecule has 24 heavy (non-hydrogen) atoms. The number of benzene rings is 2. The van der Waals surface area contributed by atoms with E-state index in [9.17, 15) is 18.5 Å². The van der Waals surface area contributed by atoms with Crippen LogP contribution in [0.3, 0.4) is 0 Å². The molecule has 0 atom stereocenters. The summed E-state index contributed by atoms with van der Waals surface area (Å²) in [4.78, 5) is 9.85. The van der Waals surface area contributed by atoms with Gasteiger partial charge >= 0.3 is 0 Å². The topological polar surface area (TPSA) is 86.5 Å². The Morgan fingerprint density at radius 2 is 1.92 bits per heavy atom. The lowest BCUT2D eigenvalue weighted by Gasteiger charge is -2.10. The van der Waals surface area contributed by atoms with E-state index in [0.717, 1.165) is 18.2 Å². The van der Waals surface area contributed by atoms with Crippen LogP contribution in [0.4, 0.5) is 5.69 Å². The zero-order chi connectivity index (χ0) is 17.9. The molecule has 6 nitrogen and oxygen atoms in total. The molecular formula is C15H11Cl2NO5S. The molecule has 0 N–H and O–H groups in total. The lowest BCUT2D eigenvalue weighted by molar-refractivity contribution is -0.387. The van der Waals surface area contributed by atoms with E-state index in [0.29, 0.717) is 5.02 Å². The Morgan fingerprint density at radius 1 is 1.21 bits per heavy atom. The number of halogens is 2. The van der Waals surface area contributed by atoms with Crippen molar-refractivity contribution in [2.75, 3.05) is 5.75 Å². The van der Waals surface area contributed by atoms with Crippen molar-refractivity contribution in [3.63, 3.8) is 0 Å². The van der Waals surface area contributed by atoms with Crippen LogP contribution < -0.4 is 4.74 Å². The monoisotopic (exact) mass is 387 g/mol. The van der Waals surface area contributed by atoms with E-state index in [1.165, 1.54) is 18.2 Å². The van der Waals surface area contributed by atoms with E-state index in [-0.39, 0.29) is 16.5 Å². The van der Waals surface area contributed by atoms with E-state index in [4.69, 9.17) is 27.9 Å². The second-order valence-corrected chi connectivity index (χ2v) is 7.48. The summed E-state index contributed by atoms with van der Waals surface area (Å²) in [5, 5.41) is 11.7. The van der Waals surface area contributed by atoms with Crippen LogP contribution in [0, 0.1) is 10.1 Å². The van der Waals surface area contributed by atoms with Gasteiger partial charge in [-0.25, -0.2) is 8.42 Å². The zero-order valence-corrected chi connectivity index (χ0v) is 14.4. The number of hydrogen-bond acceptors (Lipinski definition) is 5. The molecule has 0 unspecified atom stereocenters. The predicted octanol–water partition coefficient (Wildman–Crippen LogP) is 4.65. The molecule has 2 aromatic rings. The Morgan fingerprint density at radius 3 is 2.50 bits per heavy atom. The van der Waals surface area contributed by atoms with Crippen molar-refractivity contribution in [1.82, 2.24) is 0 Å². The summed E-state index contributed by atoms with van der Waals surface area (Å²) >= 11 is 11.8. The molecule has 0 radical (unpaired) electrons. The Bertz CT molecular complexity index is 912. The predicted molar refractivity (Wildman–Crippen MR) is 91.9 cm³/mol. The van der Waals surface area contributed by atoms with E-state index >= 15 is 0 Å². The van der Waals surface area contributed by atoms with Crippen molar-refractivity contribution < 1.29 is 18.1 Å². The molecule has 0 saturated heterocycles. The van der Waals surface area contributed by atoms with E-state index in [1.807, 2.05) is 0 Å². The summed E-state index contributed by atoms with van der Waals surface area (Å²) in [6, 6.07) is 7.94. The molecule has 9 heteroatoms. The van der Waals surface area contributed by atoms with Gasteiger partial charge in [-0.1, -0.05) is 29.3 Å². The fourth-order valence-electron chi connectivity index (χ4n) is 1.89. The van der Waals surface area contributed by atoms with Gasteiger partial charge < -0.3 is 4.74 Å². The summed E-state index contributed by atoms with van der Waals surface area (Å²) in [6.45, 7) is 3.35. The van der Waals surface area contributed by atoms with Gasteiger partial charge in [0, 0.05) is 17.2 Å². The van der Waals surface area contributed by atoms with Crippen LogP contribution in [0.25, 0.3) is 0 Å². The highest BCUT2D eigenvalue weighted by Gasteiger charge is 2.25. The lowest BCUT2D eigenvalue weighted by Crippen LogP contribution is -2.08. The zero-order valence-electron chi connectivity index (χ0n) is 12.1. The Kier molecular flexibility index (Phi) is 5.48. The molecule has 0 aromatic heterocycles. The second-order valence-electron chi connectivity index (χ2n) is 4.63. The van der Waals surface area contributed by atoms with Crippen molar-refractivity contribution >= 4 is 38.7 Å². The van der Waals surface area contributed by atoms with Gasteiger partial charge in [-0.05, 0) is 24.3 Å². The number of nitro groups is 1. The fourth-order valence-corrected chi connectivity index (χ4v) is 3.58. The normalized spacial score (nSPS) is 11.1. The highest BCUT2D eigenvalue weighted by atomic mass is 35.5. The van der Waals surface area contributed by atoms with Crippen LogP contribution in [0.5, 0.6) is 11.5 Å². The summed E-state index contributed by atoms with van der Waals surface area (Å²) in [5.74, 6) is -0.103. The number of nitro benzene ring substituents is 1. The second kappa shape index (κ2) is 7.21. The third-order valence-electron chi connectivity index (χ3n) is 2.92. The third-order valence-corrected chi connectivity index (χ3v) is 5.12. The van der Waals surface area contributed by atoms with Gasteiger partial charge in [0.15, 0.2) is 9.84 Å². The average molecular weight is 388 g/mol. The average Bonchev–Trinajstić information content (AvgIpc) is 2.50. The molecule has 0 spiro atoms. The molecule has 0 aliphatic rings. The minimum Gasteiger partial charge on any atom is -0.456 e. The molecule has 0 bridgehead atoms. The minimum absolute atomic E-state index is 0.0902. The van der Waals surface area contributed by atoms with Crippen LogP contribution in [0.1, 0.15) is 0 Å². The van der Waals surface area contributed by atoms with Crippen LogP contribution in [0.2, 0.25) is 10.0 Å². The number of nitrogens with zero attached hydrogens (tertiary/aromatic N) is 1. The molecule has 0 saturated carbocycles. The summed E-state index contributed by atoms with van der Waals surface area (Å²) in [5.41, 5.74) is -0.536. The van der Waals surface area contributed by atoms with Crippen LogP contribution >= 0.6 is 23.2 Å². The first-order valence-electron chi connectivity index (χ1n) is 6.49. The van der Waals surface area contributed by atoms with Gasteiger partial charge in [0.1, 0.15) is 16.4 Å². The third kappa shape index (κ3) is 4.05. The highest BCUT2D eigenvalue weighted by molar-refractivity contribution is 7.91. The van der Waals surface area contributed by atoms with Gasteiger partial charge in [-0.15, -0.1) is 6.58 Å². The van der Waals surface area contributed by atoms with E-state index in [1.54, 1.807) is 6.07 Å². The fraction of sp³-hybridized carbons (Fsp3) is 0.0667. The number of ether oxygens (including phenoxy) is 1. The highest BCUT2D eigenvalue weighted by Crippen LogP contribution is 2.35. The summed E-state index contributed by atoms with van der Waals surface area (Å²) in [6.07, 6.45) is 1.16. The van der Waals surface area contributed by atoms with Gasteiger partial charge in [0.2, 0.25) is 0 Å². The van der Waals surface area contributed by atoms with Crippen molar-refractivity contribution in [2.45, 2.75) is 4.90 Å². The van der Waals surface area contributed by atoms with Gasteiger partial charge in [-0.3, -0.25) is 10.1 Å². The van der Waals surface area contributed by atoms with Gasteiger partial charge in [-0.2, -0.15) is 0 Å². The van der Waals surface area contributed by atoms with Gasteiger partial charge in [0.25, 0.3) is 5.69 Å². The molecule has 0 aliphatic heterocycles. The van der Waals surface area contributed by atoms with Crippen molar-refractivity contribution in [3.8, 4) is 11.5 Å². The first kappa shape index (κ1) is 18.3. The molecule has 0 amide bonds. The molecule has 0 aliphatic carbocycles. The first-order chi connectivity index (χ1) is 11.2. The van der Waals surface area contributed by atoms with E-state index in [2.05, 4.69) is 6.58 Å². The standard InChI is InChI=1S/C15H11Cl2NO5S/c1-2-7-24(21,22)15-9-11(4-5-13(15)18(19)20)23-14-6-3-10(16)8-12(14)17/h2-6,8-9H,1,7H2. The molecule has 0 heterocycles. The smallest absolute Gasteiger partial charge is 0.288 e. The van der Waals surface area contributed by atoms with Crippen molar-refractivity contribution in [2.24, 2.45) is 0 Å².